The van der Waals surface area contributed by atoms with Crippen molar-refractivity contribution in [1.29, 1.82) is 0 Å². The van der Waals surface area contributed by atoms with Crippen molar-refractivity contribution >= 4 is 18.5 Å². The van der Waals surface area contributed by atoms with Crippen molar-refractivity contribution < 1.29 is 18.7 Å². The molecule has 0 amide bonds. The van der Waals surface area contributed by atoms with Gasteiger partial charge in [0.15, 0.2) is 0 Å². The minimum Gasteiger partial charge on any atom is -0.812 e. The minimum atomic E-state index is -3.99. The summed E-state index contributed by atoms with van der Waals surface area (Å²) in [7, 11) is 0. The van der Waals surface area contributed by atoms with E-state index in [-0.39, 0.29) is 6.61 Å². The topological polar surface area (TPSA) is 92.5 Å². The highest BCUT2D eigenvalue weighted by Crippen LogP contribution is 2.23. The molecule has 0 spiro atoms. The Bertz CT molecular complexity index is 355. The molecular weight excluding hydrogens is 275 g/mol. The number of nitrogens with one attached hydrogen (secondary N) is 2. The highest BCUT2D eigenvalue weighted by Gasteiger charge is 1.94. The summed E-state index contributed by atoms with van der Waals surface area (Å²) >= 11 is 4.09. The normalized spacial score (nSPS) is 11.9. The Morgan fingerprint density at radius 1 is 1.28 bits per heavy atom. The molecule has 0 bridgehead atoms. The lowest BCUT2D eigenvalue weighted by Gasteiger charge is -2.34. The summed E-state index contributed by atoms with van der Waals surface area (Å²) in [4.78, 5) is 21.0. The lowest BCUT2D eigenvalue weighted by molar-refractivity contribution is -0.321. The Morgan fingerprint density at radius 3 is 2.72 bits per heavy atom. The molecule has 0 fully saturated rings. The van der Waals surface area contributed by atoms with Crippen LogP contribution in [0.4, 0.5) is 0 Å². The van der Waals surface area contributed by atoms with Crippen molar-refractivity contribution in [1.82, 2.24) is 10.6 Å². The van der Waals surface area contributed by atoms with Gasteiger partial charge in [-0.2, -0.15) is 0 Å². The molecule has 0 atom stereocenters. The molecule has 0 aliphatic rings. The Balaban J connectivity index is 1.83. The van der Waals surface area contributed by atoms with Gasteiger partial charge in [-0.25, -0.2) is 0 Å². The number of rotatable bonds is 10. The van der Waals surface area contributed by atoms with Gasteiger partial charge in [-0.05, 0) is 31.6 Å². The van der Waals surface area contributed by atoms with Crippen LogP contribution in [0.15, 0.2) is 22.8 Å². The van der Waals surface area contributed by atoms with E-state index in [1.807, 2.05) is 12.1 Å². The predicted molar refractivity (Wildman–Crippen MR) is 68.1 cm³/mol. The molecule has 0 saturated heterocycles. The van der Waals surface area contributed by atoms with E-state index in [9.17, 15) is 9.79 Å². The molecule has 0 radical (unpaired) electrons. The third-order valence-electron chi connectivity index (χ3n) is 2.11. The van der Waals surface area contributed by atoms with E-state index in [1.54, 1.807) is 6.26 Å². The second-order valence-electron chi connectivity index (χ2n) is 3.64. The maximum Gasteiger partial charge on any atom is 0.117 e. The second-order valence-corrected chi connectivity index (χ2v) is 6.13. The van der Waals surface area contributed by atoms with E-state index >= 15 is 0 Å². The van der Waals surface area contributed by atoms with Gasteiger partial charge in [0.1, 0.15) is 5.76 Å². The third kappa shape index (κ3) is 8.77. The fourth-order valence-electron chi connectivity index (χ4n) is 1.32. The standard InChI is InChI=1S/C10H19N2O4PS/c13-17(14,18)16-8-6-11-4-2-5-12-9-10-3-1-7-15-10/h1,3,7,11-12H,2,4-6,8-9H2,(H2,13,14,18)/p-2. The van der Waals surface area contributed by atoms with E-state index in [0.29, 0.717) is 13.1 Å². The van der Waals surface area contributed by atoms with E-state index in [1.165, 1.54) is 0 Å². The second kappa shape index (κ2) is 8.77. The molecule has 0 saturated carbocycles. The summed E-state index contributed by atoms with van der Waals surface area (Å²) in [6.45, 7) is -1.07. The SMILES string of the molecule is [O-]P([O-])(=S)OCCNCCCNCc1ccco1. The highest BCUT2D eigenvalue weighted by atomic mass is 32.5. The zero-order chi connectivity index (χ0) is 13.3. The Hall–Kier alpha value is -0.270. The van der Waals surface area contributed by atoms with Gasteiger partial charge >= 0.3 is 0 Å². The van der Waals surface area contributed by atoms with Gasteiger partial charge in [-0.3, -0.25) is 0 Å². The van der Waals surface area contributed by atoms with Crippen molar-refractivity contribution in [2.75, 3.05) is 26.2 Å². The quantitative estimate of drug-likeness (QED) is 0.435. The molecule has 1 aromatic rings. The van der Waals surface area contributed by atoms with Gasteiger partial charge < -0.3 is 29.4 Å². The molecule has 0 aliphatic carbocycles. The first-order chi connectivity index (χ1) is 8.58. The van der Waals surface area contributed by atoms with Crippen molar-refractivity contribution in [3.8, 4) is 0 Å². The summed E-state index contributed by atoms with van der Waals surface area (Å²) in [5, 5.41) is 6.28. The van der Waals surface area contributed by atoms with Crippen molar-refractivity contribution in [2.24, 2.45) is 0 Å². The van der Waals surface area contributed by atoms with E-state index in [0.717, 1.165) is 25.3 Å². The van der Waals surface area contributed by atoms with Crippen LogP contribution in [-0.4, -0.2) is 26.2 Å². The van der Waals surface area contributed by atoms with Crippen molar-refractivity contribution in [3.63, 3.8) is 0 Å². The fraction of sp³-hybridized carbons (Fsp3) is 0.600. The van der Waals surface area contributed by atoms with Crippen molar-refractivity contribution in [3.05, 3.63) is 24.2 Å². The van der Waals surface area contributed by atoms with Crippen LogP contribution in [0.3, 0.4) is 0 Å². The maximum atomic E-state index is 10.5. The van der Waals surface area contributed by atoms with Crippen LogP contribution in [0.1, 0.15) is 12.2 Å². The molecule has 1 heterocycles. The number of furan rings is 1. The van der Waals surface area contributed by atoms with Crippen LogP contribution in [0.25, 0.3) is 0 Å². The Kier molecular flexibility index (Phi) is 7.69. The summed E-state index contributed by atoms with van der Waals surface area (Å²) in [6, 6.07) is 3.77. The largest absolute Gasteiger partial charge is 0.812 e. The molecule has 1 aromatic heterocycles. The third-order valence-corrected chi connectivity index (χ3v) is 2.93. The fourth-order valence-corrected chi connectivity index (χ4v) is 1.86. The van der Waals surface area contributed by atoms with Crippen LogP contribution in [0.5, 0.6) is 0 Å². The number of hydrogen-bond donors (Lipinski definition) is 2. The van der Waals surface area contributed by atoms with Crippen LogP contribution < -0.4 is 20.4 Å². The smallest absolute Gasteiger partial charge is 0.117 e. The van der Waals surface area contributed by atoms with Crippen LogP contribution >= 0.6 is 6.72 Å². The molecule has 8 heteroatoms. The van der Waals surface area contributed by atoms with E-state index in [2.05, 4.69) is 27.0 Å². The molecule has 0 aliphatic heterocycles. The maximum absolute atomic E-state index is 10.5. The zero-order valence-electron chi connectivity index (χ0n) is 9.96. The summed E-state index contributed by atoms with van der Waals surface area (Å²) in [5.41, 5.74) is 0. The van der Waals surface area contributed by atoms with Gasteiger partial charge in [0.2, 0.25) is 0 Å². The van der Waals surface area contributed by atoms with Gasteiger partial charge in [-0.1, -0.05) is 6.72 Å². The summed E-state index contributed by atoms with van der Waals surface area (Å²) in [5.74, 6) is 0.910. The van der Waals surface area contributed by atoms with Gasteiger partial charge in [0.05, 0.1) is 19.4 Å². The highest BCUT2D eigenvalue weighted by molar-refractivity contribution is 8.05. The summed E-state index contributed by atoms with van der Waals surface area (Å²) in [6.07, 6.45) is 2.58. The molecule has 1 rings (SSSR count). The molecule has 0 aromatic carbocycles. The van der Waals surface area contributed by atoms with Crippen molar-refractivity contribution in [2.45, 2.75) is 13.0 Å². The lowest BCUT2D eigenvalue weighted by atomic mass is 10.4. The predicted octanol–water partition coefficient (Wildman–Crippen LogP) is -0.689. The summed E-state index contributed by atoms with van der Waals surface area (Å²) < 4.78 is 9.59. The van der Waals surface area contributed by atoms with Crippen LogP contribution in [0.2, 0.25) is 0 Å². The van der Waals surface area contributed by atoms with E-state index in [4.69, 9.17) is 4.42 Å². The van der Waals surface area contributed by atoms with Gasteiger partial charge in [0, 0.05) is 6.54 Å². The van der Waals surface area contributed by atoms with Gasteiger partial charge in [-0.15, -0.1) is 11.8 Å². The molecule has 0 unspecified atom stereocenters. The Labute approximate surface area is 112 Å². The first-order valence-electron chi connectivity index (χ1n) is 5.68. The molecular formula is C10H17N2O4PS-2. The van der Waals surface area contributed by atoms with Crippen LogP contribution in [-0.2, 0) is 22.9 Å². The molecule has 18 heavy (non-hydrogen) atoms. The first kappa shape index (κ1) is 15.8. The molecule has 2 N–H and O–H groups in total. The zero-order valence-corrected chi connectivity index (χ0v) is 11.7. The minimum absolute atomic E-state index is 0.0874. The molecule has 104 valence electrons. The monoisotopic (exact) mass is 292 g/mol. The van der Waals surface area contributed by atoms with Gasteiger partial charge in [0.25, 0.3) is 0 Å². The average molecular weight is 292 g/mol. The molecule has 6 nitrogen and oxygen atoms in total. The first-order valence-corrected chi connectivity index (χ1v) is 8.24. The average Bonchev–Trinajstić information content (AvgIpc) is 2.78. The number of hydrogen-bond acceptors (Lipinski definition) is 7. The van der Waals surface area contributed by atoms with E-state index < -0.39 is 6.72 Å². The Morgan fingerprint density at radius 2 is 2.06 bits per heavy atom. The lowest BCUT2D eigenvalue weighted by Crippen LogP contribution is -2.26. The van der Waals surface area contributed by atoms with Crippen LogP contribution in [0, 0.1) is 0 Å².